The number of nitrogen functional groups attached to an aromatic ring is 1. The Kier molecular flexibility index (Phi) is 3.13. The zero-order valence-electron chi connectivity index (χ0n) is 11.0. The van der Waals surface area contributed by atoms with Crippen molar-refractivity contribution >= 4 is 16.9 Å². The Labute approximate surface area is 118 Å². The van der Waals surface area contributed by atoms with Gasteiger partial charge in [-0.15, -0.1) is 0 Å². The Bertz CT molecular complexity index is 797. The van der Waals surface area contributed by atoms with E-state index in [1.807, 2.05) is 0 Å². The lowest BCUT2D eigenvalue weighted by Crippen LogP contribution is -2.07. The van der Waals surface area contributed by atoms with Crippen LogP contribution in [0.4, 0.5) is 14.6 Å². The molecule has 0 unspecified atom stereocenters. The van der Waals surface area contributed by atoms with Gasteiger partial charge in [-0.2, -0.15) is 5.10 Å². The molecule has 3 rings (SSSR count). The molecule has 0 amide bonds. The number of nitrogens with zero attached hydrogens (tertiary/aromatic N) is 4. The highest BCUT2D eigenvalue weighted by Crippen LogP contribution is 2.22. The maximum atomic E-state index is 13.5. The lowest BCUT2D eigenvalue weighted by molar-refractivity contribution is 0.266. The van der Waals surface area contributed by atoms with Crippen molar-refractivity contribution in [2.24, 2.45) is 7.05 Å². The second-order valence-electron chi connectivity index (χ2n) is 4.37. The van der Waals surface area contributed by atoms with Crippen LogP contribution in [-0.4, -0.2) is 19.7 Å². The van der Waals surface area contributed by atoms with Gasteiger partial charge in [-0.1, -0.05) is 6.07 Å². The van der Waals surface area contributed by atoms with Crippen molar-refractivity contribution in [2.45, 2.75) is 6.61 Å². The summed E-state index contributed by atoms with van der Waals surface area (Å²) in [6.07, 6.45) is 1.55. The summed E-state index contributed by atoms with van der Waals surface area (Å²) < 4.78 is 33.6. The SMILES string of the molecule is Cn1ncc2c(N)nc(COc3c(F)cccc3F)nc21. The van der Waals surface area contributed by atoms with Gasteiger partial charge in [0.15, 0.2) is 28.9 Å². The monoisotopic (exact) mass is 291 g/mol. The minimum atomic E-state index is -0.787. The first-order valence-corrected chi connectivity index (χ1v) is 6.07. The average molecular weight is 291 g/mol. The third-order valence-corrected chi connectivity index (χ3v) is 2.93. The molecule has 6 nitrogen and oxygen atoms in total. The van der Waals surface area contributed by atoms with E-state index in [0.29, 0.717) is 11.0 Å². The van der Waals surface area contributed by atoms with Gasteiger partial charge in [0.25, 0.3) is 0 Å². The summed E-state index contributed by atoms with van der Waals surface area (Å²) in [6.45, 7) is -0.205. The summed E-state index contributed by atoms with van der Waals surface area (Å²) >= 11 is 0. The fourth-order valence-electron chi connectivity index (χ4n) is 1.91. The molecule has 0 aliphatic carbocycles. The van der Waals surface area contributed by atoms with Crippen molar-refractivity contribution in [3.63, 3.8) is 0 Å². The molecule has 8 heteroatoms. The van der Waals surface area contributed by atoms with Crippen LogP contribution in [0.2, 0.25) is 0 Å². The average Bonchev–Trinajstić information content (AvgIpc) is 2.81. The lowest BCUT2D eigenvalue weighted by atomic mass is 10.3. The third-order valence-electron chi connectivity index (χ3n) is 2.93. The summed E-state index contributed by atoms with van der Waals surface area (Å²) in [5.74, 6) is -1.59. The van der Waals surface area contributed by atoms with Gasteiger partial charge in [-0.3, -0.25) is 4.68 Å². The molecule has 0 atom stereocenters. The number of ether oxygens (including phenoxy) is 1. The second kappa shape index (κ2) is 4.97. The summed E-state index contributed by atoms with van der Waals surface area (Å²) in [5.41, 5.74) is 6.31. The Balaban J connectivity index is 1.90. The topological polar surface area (TPSA) is 78.9 Å². The fourth-order valence-corrected chi connectivity index (χ4v) is 1.91. The predicted molar refractivity (Wildman–Crippen MR) is 71.4 cm³/mol. The van der Waals surface area contributed by atoms with Crippen LogP contribution >= 0.6 is 0 Å². The summed E-state index contributed by atoms with van der Waals surface area (Å²) in [4.78, 5) is 8.24. The Morgan fingerprint density at radius 3 is 2.67 bits per heavy atom. The summed E-state index contributed by atoms with van der Waals surface area (Å²) in [5, 5.41) is 4.63. The highest BCUT2D eigenvalue weighted by atomic mass is 19.1. The number of fused-ring (bicyclic) bond motifs is 1. The normalized spacial score (nSPS) is 11.0. The van der Waals surface area contributed by atoms with E-state index in [0.717, 1.165) is 12.1 Å². The molecule has 0 aliphatic heterocycles. The Morgan fingerprint density at radius 1 is 1.24 bits per heavy atom. The highest BCUT2D eigenvalue weighted by molar-refractivity contribution is 5.84. The molecule has 0 radical (unpaired) electrons. The van der Waals surface area contributed by atoms with Gasteiger partial charge < -0.3 is 10.5 Å². The van der Waals surface area contributed by atoms with Gasteiger partial charge in [0.05, 0.1) is 11.6 Å². The zero-order valence-corrected chi connectivity index (χ0v) is 11.0. The molecule has 0 spiro atoms. The number of nitrogens with two attached hydrogens (primary N) is 1. The number of anilines is 1. The van der Waals surface area contributed by atoms with Crippen molar-refractivity contribution in [1.29, 1.82) is 0 Å². The first kappa shape index (κ1) is 13.2. The van der Waals surface area contributed by atoms with Crippen LogP contribution in [0.3, 0.4) is 0 Å². The molecule has 0 bridgehead atoms. The largest absolute Gasteiger partial charge is 0.479 e. The van der Waals surface area contributed by atoms with Crippen LogP contribution in [0.5, 0.6) is 5.75 Å². The number of halogens is 2. The van der Waals surface area contributed by atoms with Crippen molar-refractivity contribution in [3.8, 4) is 5.75 Å². The maximum Gasteiger partial charge on any atom is 0.191 e. The first-order valence-electron chi connectivity index (χ1n) is 6.07. The zero-order chi connectivity index (χ0) is 15.0. The van der Waals surface area contributed by atoms with E-state index in [4.69, 9.17) is 10.5 Å². The molecule has 0 saturated carbocycles. The molecular weight excluding hydrogens is 280 g/mol. The van der Waals surface area contributed by atoms with Crippen molar-refractivity contribution < 1.29 is 13.5 Å². The molecule has 1 aromatic carbocycles. The van der Waals surface area contributed by atoms with E-state index >= 15 is 0 Å². The molecule has 2 heterocycles. The molecule has 0 fully saturated rings. The molecule has 3 aromatic rings. The molecule has 2 N–H and O–H groups in total. The lowest BCUT2D eigenvalue weighted by Gasteiger charge is -2.08. The van der Waals surface area contributed by atoms with Crippen LogP contribution < -0.4 is 10.5 Å². The predicted octanol–water partition coefficient (Wildman–Crippen LogP) is 1.80. The van der Waals surface area contributed by atoms with E-state index in [2.05, 4.69) is 15.1 Å². The van der Waals surface area contributed by atoms with Gasteiger partial charge in [-0.05, 0) is 12.1 Å². The quantitative estimate of drug-likeness (QED) is 0.796. The minimum Gasteiger partial charge on any atom is -0.479 e. The molecule has 21 heavy (non-hydrogen) atoms. The van der Waals surface area contributed by atoms with Crippen molar-refractivity contribution in [2.75, 3.05) is 5.73 Å². The molecule has 108 valence electrons. The van der Waals surface area contributed by atoms with E-state index in [1.54, 1.807) is 13.2 Å². The maximum absolute atomic E-state index is 13.5. The second-order valence-corrected chi connectivity index (χ2v) is 4.37. The van der Waals surface area contributed by atoms with Crippen LogP contribution in [-0.2, 0) is 13.7 Å². The summed E-state index contributed by atoms with van der Waals surface area (Å²) in [7, 11) is 1.70. The Morgan fingerprint density at radius 2 is 1.95 bits per heavy atom. The fraction of sp³-hybridized carbons (Fsp3) is 0.154. The van der Waals surface area contributed by atoms with Crippen molar-refractivity contribution in [3.05, 3.63) is 41.9 Å². The van der Waals surface area contributed by atoms with Gasteiger partial charge >= 0.3 is 0 Å². The van der Waals surface area contributed by atoms with Crippen LogP contribution in [0, 0.1) is 11.6 Å². The van der Waals surface area contributed by atoms with Gasteiger partial charge in [0.1, 0.15) is 12.4 Å². The number of rotatable bonds is 3. The van der Waals surface area contributed by atoms with Crippen LogP contribution in [0.15, 0.2) is 24.4 Å². The van der Waals surface area contributed by atoms with Crippen molar-refractivity contribution in [1.82, 2.24) is 19.7 Å². The van der Waals surface area contributed by atoms with Crippen LogP contribution in [0.1, 0.15) is 5.82 Å². The summed E-state index contributed by atoms with van der Waals surface area (Å²) in [6, 6.07) is 3.48. The van der Waals surface area contributed by atoms with E-state index in [1.165, 1.54) is 10.7 Å². The van der Waals surface area contributed by atoms with E-state index < -0.39 is 17.4 Å². The number of benzene rings is 1. The van der Waals surface area contributed by atoms with Gasteiger partial charge in [0.2, 0.25) is 0 Å². The first-order chi connectivity index (χ1) is 10.1. The number of aryl methyl sites for hydroxylation is 1. The number of hydrogen-bond donors (Lipinski definition) is 1. The molecular formula is C13H11F2N5O. The molecule has 0 aliphatic rings. The standard InChI is InChI=1S/C13H11F2N5O/c1-20-13-7(5-17-20)12(16)18-10(19-13)6-21-11-8(14)3-2-4-9(11)15/h2-5H,6H2,1H3,(H2,16,18,19). The van der Waals surface area contributed by atoms with Gasteiger partial charge in [-0.25, -0.2) is 18.7 Å². The number of aromatic nitrogens is 4. The Hall–Kier alpha value is -2.77. The third kappa shape index (κ3) is 2.35. The van der Waals surface area contributed by atoms with E-state index in [-0.39, 0.29) is 18.2 Å². The number of para-hydroxylation sites is 1. The van der Waals surface area contributed by atoms with Gasteiger partial charge in [0, 0.05) is 7.05 Å². The van der Waals surface area contributed by atoms with Crippen LogP contribution in [0.25, 0.3) is 11.0 Å². The smallest absolute Gasteiger partial charge is 0.191 e. The molecule has 0 saturated heterocycles. The molecule has 2 aromatic heterocycles. The number of hydrogen-bond acceptors (Lipinski definition) is 5. The highest BCUT2D eigenvalue weighted by Gasteiger charge is 2.13. The minimum absolute atomic E-state index is 0.205. The van der Waals surface area contributed by atoms with E-state index in [9.17, 15) is 8.78 Å².